The molecule has 7 rings (SSSR count). The van der Waals surface area contributed by atoms with E-state index >= 15 is 0 Å². The standard InChI is InChI=1S/C34H45N8O3P/c1-40-19-21-41(22-20-40)25-14-17-42(18-15-25)29-12-11-24(23-30(29)45-26-7-6-8-26)36-34-38-32-27(13-16-35-32)33(39-34)37-28-9-4-5-10-31(28)46(43-2)44-3/h4-5,9-13,16,23,25-26H,6-8,14-15,17-22H2,1-3H3,(H3,35,36,37,38,39). The van der Waals surface area contributed by atoms with Gasteiger partial charge in [0, 0.05) is 77.5 Å². The van der Waals surface area contributed by atoms with Crippen LogP contribution in [-0.2, 0) is 9.05 Å². The Morgan fingerprint density at radius 1 is 0.870 bits per heavy atom. The number of ether oxygens (including phenoxy) is 1. The zero-order valence-corrected chi connectivity index (χ0v) is 27.9. The zero-order valence-electron chi connectivity index (χ0n) is 27.0. The lowest BCUT2D eigenvalue weighted by atomic mass is 9.96. The molecule has 12 heteroatoms. The van der Waals surface area contributed by atoms with Crippen LogP contribution in [0.1, 0.15) is 32.1 Å². The Morgan fingerprint density at radius 3 is 2.39 bits per heavy atom. The molecule has 3 aliphatic rings. The van der Waals surface area contributed by atoms with Gasteiger partial charge in [-0.1, -0.05) is 12.1 Å². The number of anilines is 5. The summed E-state index contributed by atoms with van der Waals surface area (Å²) in [6.07, 6.45) is 7.99. The second-order valence-electron chi connectivity index (χ2n) is 12.4. The van der Waals surface area contributed by atoms with Gasteiger partial charge < -0.3 is 39.2 Å². The minimum Gasteiger partial charge on any atom is -0.488 e. The number of benzene rings is 2. The molecule has 3 N–H and O–H groups in total. The summed E-state index contributed by atoms with van der Waals surface area (Å²) < 4.78 is 17.8. The summed E-state index contributed by atoms with van der Waals surface area (Å²) in [6, 6.07) is 17.1. The lowest BCUT2D eigenvalue weighted by Gasteiger charge is -2.43. The highest BCUT2D eigenvalue weighted by molar-refractivity contribution is 7.56. The van der Waals surface area contributed by atoms with E-state index in [1.165, 1.54) is 51.1 Å². The third-order valence-electron chi connectivity index (χ3n) is 9.52. The minimum absolute atomic E-state index is 0.281. The molecular weight excluding hydrogens is 599 g/mol. The van der Waals surface area contributed by atoms with E-state index in [1.807, 2.05) is 36.5 Å². The van der Waals surface area contributed by atoms with Gasteiger partial charge in [0.1, 0.15) is 17.2 Å². The molecule has 11 nitrogen and oxygen atoms in total. The van der Waals surface area contributed by atoms with Gasteiger partial charge in [-0.15, -0.1) is 0 Å². The summed E-state index contributed by atoms with van der Waals surface area (Å²) in [5.41, 5.74) is 3.69. The molecule has 46 heavy (non-hydrogen) atoms. The molecule has 4 aromatic rings. The number of hydrogen-bond donors (Lipinski definition) is 3. The maximum Gasteiger partial charge on any atom is 0.231 e. The number of H-pyrrole nitrogens is 1. The van der Waals surface area contributed by atoms with Gasteiger partial charge in [0.25, 0.3) is 0 Å². The first kappa shape index (κ1) is 31.1. The highest BCUT2D eigenvalue weighted by Crippen LogP contribution is 2.40. The zero-order chi connectivity index (χ0) is 31.5. The topological polar surface area (TPSA) is 103 Å². The molecule has 1 saturated carbocycles. The van der Waals surface area contributed by atoms with E-state index in [2.05, 4.69) is 55.6 Å². The summed E-state index contributed by atoms with van der Waals surface area (Å²) in [5, 5.41) is 8.82. The van der Waals surface area contributed by atoms with Crippen LogP contribution < -0.4 is 25.6 Å². The van der Waals surface area contributed by atoms with Crippen molar-refractivity contribution in [1.82, 2.24) is 24.8 Å². The van der Waals surface area contributed by atoms with Crippen LogP contribution in [0.5, 0.6) is 5.75 Å². The van der Waals surface area contributed by atoms with Crippen LogP contribution in [0, 0.1) is 0 Å². The second kappa shape index (κ2) is 14.1. The van der Waals surface area contributed by atoms with E-state index in [0.717, 1.165) is 59.4 Å². The van der Waals surface area contributed by atoms with E-state index in [-0.39, 0.29) is 6.10 Å². The van der Waals surface area contributed by atoms with Crippen molar-refractivity contribution in [2.45, 2.75) is 44.2 Å². The SMILES string of the molecule is COP(OC)c1ccccc1Nc1nc(Nc2ccc(N3CCC(N4CCN(C)CC4)CC3)c(OC3CCC3)c2)nc2[nH]ccc12. The van der Waals surface area contributed by atoms with Crippen molar-refractivity contribution in [3.8, 4) is 5.75 Å². The van der Waals surface area contributed by atoms with E-state index < -0.39 is 8.38 Å². The summed E-state index contributed by atoms with van der Waals surface area (Å²) in [4.78, 5) is 20.6. The quantitative estimate of drug-likeness (QED) is 0.173. The summed E-state index contributed by atoms with van der Waals surface area (Å²) >= 11 is 0. The molecule has 2 aromatic heterocycles. The summed E-state index contributed by atoms with van der Waals surface area (Å²) in [7, 11) is 4.32. The van der Waals surface area contributed by atoms with Crippen molar-refractivity contribution in [2.24, 2.45) is 0 Å². The third kappa shape index (κ3) is 6.80. The predicted molar refractivity (Wildman–Crippen MR) is 186 cm³/mol. The van der Waals surface area contributed by atoms with E-state index in [9.17, 15) is 0 Å². The molecule has 0 atom stereocenters. The van der Waals surface area contributed by atoms with E-state index in [1.54, 1.807) is 14.2 Å². The van der Waals surface area contributed by atoms with Gasteiger partial charge >= 0.3 is 0 Å². The van der Waals surface area contributed by atoms with Crippen molar-refractivity contribution in [2.75, 3.05) is 76.1 Å². The smallest absolute Gasteiger partial charge is 0.231 e. The Balaban J connectivity index is 1.11. The summed E-state index contributed by atoms with van der Waals surface area (Å²) in [6.45, 7) is 6.79. The molecule has 4 heterocycles. The first-order chi connectivity index (χ1) is 22.6. The van der Waals surface area contributed by atoms with Crippen LogP contribution in [0.25, 0.3) is 11.0 Å². The van der Waals surface area contributed by atoms with Gasteiger partial charge in [0.05, 0.1) is 28.2 Å². The Bertz CT molecular complexity index is 1610. The Hall–Kier alpha value is -3.47. The fourth-order valence-corrected chi connectivity index (χ4v) is 7.71. The number of piperidine rings is 1. The van der Waals surface area contributed by atoms with Crippen LogP contribution in [0.4, 0.5) is 28.8 Å². The number of para-hydroxylation sites is 1. The first-order valence-electron chi connectivity index (χ1n) is 16.4. The number of rotatable bonds is 11. The largest absolute Gasteiger partial charge is 0.488 e. The lowest BCUT2D eigenvalue weighted by molar-refractivity contribution is 0.0976. The molecule has 0 amide bonds. The molecule has 0 radical (unpaired) electrons. The molecule has 0 unspecified atom stereocenters. The van der Waals surface area contributed by atoms with Gasteiger partial charge in [-0.3, -0.25) is 4.90 Å². The Labute approximate surface area is 272 Å². The van der Waals surface area contributed by atoms with Crippen molar-refractivity contribution in [3.05, 3.63) is 54.7 Å². The number of piperazine rings is 1. The number of aromatic amines is 1. The highest BCUT2D eigenvalue weighted by atomic mass is 31.2. The number of aromatic nitrogens is 3. The van der Waals surface area contributed by atoms with Crippen molar-refractivity contribution >= 4 is 53.5 Å². The van der Waals surface area contributed by atoms with Crippen LogP contribution in [-0.4, -0.2) is 97.4 Å². The maximum atomic E-state index is 6.61. The van der Waals surface area contributed by atoms with Gasteiger partial charge in [-0.2, -0.15) is 9.97 Å². The molecule has 244 valence electrons. The molecule has 0 bridgehead atoms. The number of hydrogen-bond acceptors (Lipinski definition) is 10. The number of likely N-dealkylation sites (N-methyl/N-ethyl adjacent to an activating group) is 1. The van der Waals surface area contributed by atoms with Crippen molar-refractivity contribution in [3.63, 3.8) is 0 Å². The number of nitrogens with one attached hydrogen (secondary N) is 3. The molecule has 2 aromatic carbocycles. The van der Waals surface area contributed by atoms with Gasteiger partial charge in [0.15, 0.2) is 0 Å². The molecular formula is C34H45N8O3P. The third-order valence-corrected chi connectivity index (χ3v) is 11.0. The summed E-state index contributed by atoms with van der Waals surface area (Å²) in [5.74, 6) is 2.12. The van der Waals surface area contributed by atoms with Crippen LogP contribution in [0.3, 0.4) is 0 Å². The minimum atomic E-state index is -1.22. The highest BCUT2D eigenvalue weighted by Gasteiger charge is 2.29. The lowest BCUT2D eigenvalue weighted by Crippen LogP contribution is -2.52. The van der Waals surface area contributed by atoms with Crippen LogP contribution >= 0.6 is 8.38 Å². The average molecular weight is 645 g/mol. The number of fused-ring (bicyclic) bond motifs is 1. The van der Waals surface area contributed by atoms with E-state index in [0.29, 0.717) is 17.8 Å². The monoisotopic (exact) mass is 644 g/mol. The normalized spacial score (nSPS) is 18.7. The first-order valence-corrected chi connectivity index (χ1v) is 17.6. The second-order valence-corrected chi connectivity index (χ2v) is 14.2. The van der Waals surface area contributed by atoms with Crippen LogP contribution in [0.15, 0.2) is 54.7 Å². The predicted octanol–water partition coefficient (Wildman–Crippen LogP) is 5.82. The number of nitrogens with zero attached hydrogens (tertiary/aromatic N) is 5. The molecule has 2 aliphatic heterocycles. The Kier molecular flexibility index (Phi) is 9.55. The van der Waals surface area contributed by atoms with Crippen LogP contribution in [0.2, 0.25) is 0 Å². The van der Waals surface area contributed by atoms with Gasteiger partial charge in [0.2, 0.25) is 14.3 Å². The fourth-order valence-electron chi connectivity index (χ4n) is 6.63. The average Bonchev–Trinajstić information content (AvgIpc) is 3.54. The van der Waals surface area contributed by atoms with E-state index in [4.69, 9.17) is 23.8 Å². The van der Waals surface area contributed by atoms with Crippen molar-refractivity contribution in [1.29, 1.82) is 0 Å². The maximum absolute atomic E-state index is 6.61. The molecule has 0 spiro atoms. The molecule has 2 saturated heterocycles. The molecule has 1 aliphatic carbocycles. The Morgan fingerprint density at radius 2 is 1.65 bits per heavy atom. The van der Waals surface area contributed by atoms with Crippen molar-refractivity contribution < 1.29 is 13.8 Å². The van der Waals surface area contributed by atoms with Gasteiger partial charge in [-0.05, 0) is 69.5 Å². The van der Waals surface area contributed by atoms with Gasteiger partial charge in [-0.25, -0.2) is 0 Å². The molecule has 3 fully saturated rings. The fraction of sp³-hybridized carbons (Fsp3) is 0.471.